The molecule has 0 aliphatic carbocycles. The third-order valence-corrected chi connectivity index (χ3v) is 5.74. The third-order valence-electron chi connectivity index (χ3n) is 3.84. The summed E-state index contributed by atoms with van der Waals surface area (Å²) in [6.07, 6.45) is 0.893. The second-order valence-corrected chi connectivity index (χ2v) is 8.03. The molecule has 1 amide bonds. The quantitative estimate of drug-likeness (QED) is 0.699. The molecule has 0 saturated carbocycles. The van der Waals surface area contributed by atoms with Crippen LogP contribution in [-0.2, 0) is 21.1 Å². The molecule has 0 radical (unpaired) electrons. The fraction of sp³-hybridized carbons (Fsp3) is 0.462. The number of nitrogens with one attached hydrogen (secondary N) is 2. The molecule has 4 N–H and O–H groups in total. The van der Waals surface area contributed by atoms with Crippen molar-refractivity contribution in [2.24, 2.45) is 0 Å². The minimum atomic E-state index is -2.98. The van der Waals surface area contributed by atoms with Gasteiger partial charge in [-0.25, -0.2) is 8.42 Å². The highest BCUT2D eigenvalue weighted by Crippen LogP contribution is 2.35. The molecule has 108 valence electrons. The number of benzene rings is 1. The molecule has 1 saturated heterocycles. The van der Waals surface area contributed by atoms with E-state index in [0.29, 0.717) is 24.2 Å². The van der Waals surface area contributed by atoms with Gasteiger partial charge in [-0.15, -0.1) is 0 Å². The molecule has 0 aromatic heterocycles. The van der Waals surface area contributed by atoms with Gasteiger partial charge in [0, 0.05) is 11.2 Å². The number of fused-ring (bicyclic) bond motifs is 1. The summed E-state index contributed by atoms with van der Waals surface area (Å²) in [5.41, 5.74) is 8.31. The maximum absolute atomic E-state index is 11.6. The molecule has 1 unspecified atom stereocenters. The van der Waals surface area contributed by atoms with E-state index in [4.69, 9.17) is 5.73 Å². The molecule has 7 heteroatoms. The van der Waals surface area contributed by atoms with E-state index < -0.39 is 15.4 Å². The van der Waals surface area contributed by atoms with Crippen LogP contribution in [0.1, 0.15) is 18.9 Å². The fourth-order valence-corrected chi connectivity index (χ4v) is 4.93. The van der Waals surface area contributed by atoms with Crippen LogP contribution in [0, 0.1) is 0 Å². The molecule has 0 spiro atoms. The smallest absolute Gasteiger partial charge is 0.228 e. The highest BCUT2D eigenvalue weighted by molar-refractivity contribution is 7.91. The number of anilines is 3. The summed E-state index contributed by atoms with van der Waals surface area (Å²) in [5.74, 6) is 0.243. The molecular weight excluding hydrogens is 278 g/mol. The van der Waals surface area contributed by atoms with Gasteiger partial charge in [-0.3, -0.25) is 4.79 Å². The van der Waals surface area contributed by atoms with Gasteiger partial charge in [0.1, 0.15) is 0 Å². The zero-order chi connectivity index (χ0) is 14.5. The molecular formula is C13H17N3O3S. The molecule has 1 aromatic rings. The molecule has 1 atom stereocenters. The van der Waals surface area contributed by atoms with Crippen LogP contribution in [0.15, 0.2) is 12.1 Å². The van der Waals surface area contributed by atoms with Crippen LogP contribution < -0.4 is 16.4 Å². The Hall–Kier alpha value is -1.76. The van der Waals surface area contributed by atoms with Crippen LogP contribution in [-0.4, -0.2) is 31.4 Å². The van der Waals surface area contributed by atoms with Crippen molar-refractivity contribution in [3.8, 4) is 0 Å². The summed E-state index contributed by atoms with van der Waals surface area (Å²) >= 11 is 0. The van der Waals surface area contributed by atoms with Crippen LogP contribution in [0.3, 0.4) is 0 Å². The number of nitrogen functional groups attached to an aromatic ring is 1. The first-order chi connectivity index (χ1) is 9.26. The van der Waals surface area contributed by atoms with E-state index in [2.05, 4.69) is 10.6 Å². The second-order valence-electron chi connectivity index (χ2n) is 5.85. The molecule has 2 aliphatic rings. The monoisotopic (exact) mass is 295 g/mol. The first kappa shape index (κ1) is 13.2. The molecule has 1 aromatic carbocycles. The number of nitrogens with two attached hydrogens (primary N) is 1. The Morgan fingerprint density at radius 1 is 1.40 bits per heavy atom. The lowest BCUT2D eigenvalue weighted by Crippen LogP contribution is -2.36. The number of hydrogen-bond donors (Lipinski definition) is 3. The molecule has 2 heterocycles. The maximum atomic E-state index is 11.6. The highest BCUT2D eigenvalue weighted by atomic mass is 32.2. The molecule has 6 nitrogen and oxygen atoms in total. The predicted octanol–water partition coefficient (Wildman–Crippen LogP) is 0.752. The Balaban J connectivity index is 1.89. The number of rotatable bonds is 2. The number of amides is 1. The summed E-state index contributed by atoms with van der Waals surface area (Å²) in [6.45, 7) is 1.88. The normalized spacial score (nSPS) is 27.1. The molecule has 0 bridgehead atoms. The number of carbonyl (C=O) groups is 1. The van der Waals surface area contributed by atoms with Crippen molar-refractivity contribution < 1.29 is 13.2 Å². The van der Waals surface area contributed by atoms with Gasteiger partial charge in [0.25, 0.3) is 0 Å². The third kappa shape index (κ3) is 2.33. The second kappa shape index (κ2) is 4.12. The van der Waals surface area contributed by atoms with Crippen LogP contribution in [0.2, 0.25) is 0 Å². The lowest BCUT2D eigenvalue weighted by Gasteiger charge is -2.26. The predicted molar refractivity (Wildman–Crippen MR) is 78.5 cm³/mol. The van der Waals surface area contributed by atoms with Crippen LogP contribution in [0.4, 0.5) is 17.1 Å². The summed E-state index contributed by atoms with van der Waals surface area (Å²) in [5, 5.41) is 6.00. The molecule has 2 aliphatic heterocycles. The van der Waals surface area contributed by atoms with E-state index in [1.165, 1.54) is 0 Å². The van der Waals surface area contributed by atoms with Crippen molar-refractivity contribution in [2.45, 2.75) is 25.3 Å². The average Bonchev–Trinajstić information content (AvgIpc) is 2.78. The van der Waals surface area contributed by atoms with Gasteiger partial charge in [0.2, 0.25) is 5.91 Å². The topological polar surface area (TPSA) is 101 Å². The molecule has 1 fully saturated rings. The van der Waals surface area contributed by atoms with Crippen molar-refractivity contribution in [1.29, 1.82) is 0 Å². The average molecular weight is 295 g/mol. The maximum Gasteiger partial charge on any atom is 0.228 e. The van der Waals surface area contributed by atoms with Gasteiger partial charge in [-0.05, 0) is 31.0 Å². The van der Waals surface area contributed by atoms with Crippen molar-refractivity contribution >= 4 is 32.8 Å². The van der Waals surface area contributed by atoms with E-state index in [0.717, 1.165) is 11.3 Å². The molecule has 20 heavy (non-hydrogen) atoms. The Morgan fingerprint density at radius 2 is 2.15 bits per heavy atom. The Labute approximate surface area is 117 Å². The Morgan fingerprint density at radius 3 is 2.80 bits per heavy atom. The molecule has 3 rings (SSSR count). The number of sulfone groups is 1. The van der Waals surface area contributed by atoms with Gasteiger partial charge in [-0.2, -0.15) is 0 Å². The highest BCUT2D eigenvalue weighted by Gasteiger charge is 2.38. The van der Waals surface area contributed by atoms with Gasteiger partial charge in [0.05, 0.1) is 29.3 Å². The Bertz CT molecular complexity index is 699. The summed E-state index contributed by atoms with van der Waals surface area (Å²) in [6, 6.07) is 3.55. The lowest BCUT2D eigenvalue weighted by atomic mass is 10.0. The van der Waals surface area contributed by atoms with E-state index in [1.54, 1.807) is 12.1 Å². The largest absolute Gasteiger partial charge is 0.397 e. The van der Waals surface area contributed by atoms with Crippen LogP contribution in [0.25, 0.3) is 0 Å². The minimum absolute atomic E-state index is 0.0498. The van der Waals surface area contributed by atoms with E-state index in [-0.39, 0.29) is 17.4 Å². The zero-order valence-corrected chi connectivity index (χ0v) is 12.0. The Kier molecular flexibility index (Phi) is 2.72. The first-order valence-electron chi connectivity index (χ1n) is 6.47. The van der Waals surface area contributed by atoms with Crippen LogP contribution in [0.5, 0.6) is 0 Å². The number of carbonyl (C=O) groups excluding carboxylic acids is 1. The SMILES string of the molecule is CC1(Nc2cc3c(cc2N)CC(=O)N3)CCS(=O)(=O)C1. The number of hydrogen-bond acceptors (Lipinski definition) is 5. The van der Waals surface area contributed by atoms with Crippen LogP contribution >= 0.6 is 0 Å². The van der Waals surface area contributed by atoms with E-state index in [9.17, 15) is 13.2 Å². The van der Waals surface area contributed by atoms with Crippen molar-refractivity contribution in [3.05, 3.63) is 17.7 Å². The lowest BCUT2D eigenvalue weighted by molar-refractivity contribution is -0.115. The van der Waals surface area contributed by atoms with Crippen molar-refractivity contribution in [3.63, 3.8) is 0 Å². The first-order valence-corrected chi connectivity index (χ1v) is 8.29. The van der Waals surface area contributed by atoms with Gasteiger partial charge >= 0.3 is 0 Å². The van der Waals surface area contributed by atoms with Crippen molar-refractivity contribution in [1.82, 2.24) is 0 Å². The van der Waals surface area contributed by atoms with E-state index >= 15 is 0 Å². The standard InChI is InChI=1S/C13H17N3O3S/c1-13(2-3-20(18,19)7-13)16-11-6-10-8(4-9(11)14)5-12(17)15-10/h4,6,16H,2-3,5,7,14H2,1H3,(H,15,17). The van der Waals surface area contributed by atoms with Gasteiger partial charge in [0.15, 0.2) is 9.84 Å². The summed E-state index contributed by atoms with van der Waals surface area (Å²) < 4.78 is 23.2. The van der Waals surface area contributed by atoms with Gasteiger partial charge in [-0.1, -0.05) is 0 Å². The summed E-state index contributed by atoms with van der Waals surface area (Å²) in [7, 11) is -2.98. The van der Waals surface area contributed by atoms with Gasteiger partial charge < -0.3 is 16.4 Å². The zero-order valence-electron chi connectivity index (χ0n) is 11.2. The van der Waals surface area contributed by atoms with E-state index in [1.807, 2.05) is 6.92 Å². The fourth-order valence-electron chi connectivity index (χ4n) is 2.84. The summed E-state index contributed by atoms with van der Waals surface area (Å²) in [4.78, 5) is 11.4. The van der Waals surface area contributed by atoms with Crippen molar-refractivity contribution in [2.75, 3.05) is 27.9 Å². The minimum Gasteiger partial charge on any atom is -0.397 e.